The second-order valence-corrected chi connectivity index (χ2v) is 7.31. The Kier molecular flexibility index (Phi) is 8.66. The molecule has 0 radical (unpaired) electrons. The Morgan fingerprint density at radius 3 is 2.21 bits per heavy atom. The summed E-state index contributed by atoms with van der Waals surface area (Å²) in [5, 5.41) is 14.1. The van der Waals surface area contributed by atoms with E-state index in [1.54, 1.807) is 58.9 Å². The maximum Gasteiger partial charge on any atom is 0.408 e. The van der Waals surface area contributed by atoms with Gasteiger partial charge in [-0.3, -0.25) is 4.79 Å². The van der Waals surface area contributed by atoms with Gasteiger partial charge in [-0.05, 0) is 45.8 Å². The molecule has 2 amide bonds. The predicted octanol–water partition coefficient (Wildman–Crippen LogP) is 2.03. The number of ether oxygens (including phenoxy) is 2. The van der Waals surface area contributed by atoms with E-state index in [0.717, 1.165) is 5.56 Å². The first-order valence-corrected chi connectivity index (χ1v) is 8.83. The Hall–Kier alpha value is -2.87. The number of rotatable bonds is 7. The van der Waals surface area contributed by atoms with Crippen molar-refractivity contribution in [1.82, 2.24) is 10.6 Å². The van der Waals surface area contributed by atoms with Gasteiger partial charge in [0, 0.05) is 0 Å². The van der Waals surface area contributed by atoms with E-state index < -0.39 is 36.2 Å². The average Bonchev–Trinajstić information content (AvgIpc) is 2.61. The van der Waals surface area contributed by atoms with Crippen molar-refractivity contribution in [3.05, 3.63) is 47.2 Å². The van der Waals surface area contributed by atoms with Crippen molar-refractivity contribution in [2.75, 3.05) is 6.61 Å². The van der Waals surface area contributed by atoms with Crippen LogP contribution in [-0.4, -0.2) is 41.3 Å². The van der Waals surface area contributed by atoms with Gasteiger partial charge in [0.25, 0.3) is 0 Å². The number of carbonyl (C=O) groups excluding carboxylic acids is 3. The average molecular weight is 392 g/mol. The molecule has 0 aliphatic carbocycles. The van der Waals surface area contributed by atoms with E-state index in [4.69, 9.17) is 9.47 Å². The van der Waals surface area contributed by atoms with Crippen LogP contribution < -0.4 is 10.6 Å². The molecule has 0 aromatic heterocycles. The van der Waals surface area contributed by atoms with Crippen molar-refractivity contribution in [3.63, 3.8) is 0 Å². The molecule has 0 bridgehead atoms. The molecule has 154 valence electrons. The summed E-state index contributed by atoms with van der Waals surface area (Å²) < 4.78 is 10.3. The molecule has 1 aromatic rings. The fourth-order valence-electron chi connectivity index (χ4n) is 2.02. The number of aliphatic hydroxyl groups is 1. The first-order chi connectivity index (χ1) is 13.0. The van der Waals surface area contributed by atoms with Crippen molar-refractivity contribution >= 4 is 18.0 Å². The number of amides is 2. The highest BCUT2D eigenvalue weighted by molar-refractivity contribution is 5.97. The van der Waals surface area contributed by atoms with Crippen molar-refractivity contribution in [3.8, 4) is 0 Å². The van der Waals surface area contributed by atoms with Crippen molar-refractivity contribution in [2.45, 2.75) is 52.9 Å². The van der Waals surface area contributed by atoms with Gasteiger partial charge >= 0.3 is 12.1 Å². The molecular weight excluding hydrogens is 364 g/mol. The van der Waals surface area contributed by atoms with Crippen LogP contribution >= 0.6 is 0 Å². The lowest BCUT2D eigenvalue weighted by molar-refractivity contribution is -0.151. The summed E-state index contributed by atoms with van der Waals surface area (Å²) in [6, 6.07) is 7.72. The molecule has 1 aromatic carbocycles. The zero-order valence-corrected chi connectivity index (χ0v) is 16.9. The number of benzene rings is 1. The molecule has 0 aliphatic rings. The molecule has 8 heteroatoms. The molecule has 0 unspecified atom stereocenters. The standard InChI is InChI=1S/C20H28N2O6/c1-13(2)16(18(25)28-20(3,4)5)22-17(24)15(11-23)21-19(26)27-12-14-9-7-6-8-10-14/h6-10,15,23H,11-12H2,1-5H3,(H,21,26)(H,22,24)/t15-/m0/s1. The van der Waals surface area contributed by atoms with Crippen LogP contribution in [0.15, 0.2) is 41.6 Å². The second-order valence-electron chi connectivity index (χ2n) is 7.31. The lowest BCUT2D eigenvalue weighted by atomic mass is 10.2. The van der Waals surface area contributed by atoms with E-state index in [1.807, 2.05) is 6.07 Å². The molecular formula is C20H28N2O6. The van der Waals surface area contributed by atoms with Crippen LogP contribution in [0.5, 0.6) is 0 Å². The predicted molar refractivity (Wildman–Crippen MR) is 103 cm³/mol. The van der Waals surface area contributed by atoms with Gasteiger partial charge in [0.05, 0.1) is 6.61 Å². The number of hydrogen-bond donors (Lipinski definition) is 3. The smallest absolute Gasteiger partial charge is 0.408 e. The zero-order valence-electron chi connectivity index (χ0n) is 16.9. The van der Waals surface area contributed by atoms with Gasteiger partial charge in [-0.1, -0.05) is 30.3 Å². The monoisotopic (exact) mass is 392 g/mol. The van der Waals surface area contributed by atoms with Crippen LogP contribution in [0.3, 0.4) is 0 Å². The van der Waals surface area contributed by atoms with Gasteiger partial charge in [0.1, 0.15) is 23.9 Å². The molecule has 1 rings (SSSR count). The van der Waals surface area contributed by atoms with Crippen LogP contribution in [0.1, 0.15) is 40.2 Å². The molecule has 28 heavy (non-hydrogen) atoms. The maximum absolute atomic E-state index is 12.4. The summed E-state index contributed by atoms with van der Waals surface area (Å²) in [6.45, 7) is 7.73. The van der Waals surface area contributed by atoms with Gasteiger partial charge < -0.3 is 25.2 Å². The van der Waals surface area contributed by atoms with Crippen LogP contribution in [0.4, 0.5) is 4.79 Å². The Bertz CT molecular complexity index is 718. The quantitative estimate of drug-likeness (QED) is 0.483. The molecule has 0 saturated carbocycles. The lowest BCUT2D eigenvalue weighted by Crippen LogP contribution is -2.49. The highest BCUT2D eigenvalue weighted by Crippen LogP contribution is 2.12. The van der Waals surface area contributed by atoms with Crippen molar-refractivity contribution in [1.29, 1.82) is 0 Å². The molecule has 8 nitrogen and oxygen atoms in total. The number of nitrogens with one attached hydrogen (secondary N) is 2. The highest BCUT2D eigenvalue weighted by Gasteiger charge is 2.26. The molecule has 0 saturated heterocycles. The zero-order chi connectivity index (χ0) is 21.3. The first-order valence-electron chi connectivity index (χ1n) is 8.83. The Labute approximate surface area is 164 Å². The Balaban J connectivity index is 2.69. The molecule has 0 fully saturated rings. The minimum atomic E-state index is -1.29. The number of aliphatic hydroxyl groups excluding tert-OH is 1. The van der Waals surface area contributed by atoms with Gasteiger partial charge in [-0.25, -0.2) is 9.59 Å². The number of carbonyl (C=O) groups is 3. The van der Waals surface area contributed by atoms with E-state index in [0.29, 0.717) is 5.57 Å². The maximum atomic E-state index is 12.4. The first kappa shape index (κ1) is 23.2. The molecule has 0 aliphatic heterocycles. The third kappa shape index (κ3) is 8.22. The minimum Gasteiger partial charge on any atom is -0.455 e. The third-order valence-corrected chi connectivity index (χ3v) is 3.36. The van der Waals surface area contributed by atoms with E-state index in [9.17, 15) is 19.5 Å². The number of esters is 1. The third-order valence-electron chi connectivity index (χ3n) is 3.36. The van der Waals surface area contributed by atoms with Crippen LogP contribution in [-0.2, 0) is 25.7 Å². The van der Waals surface area contributed by atoms with E-state index in [1.165, 1.54) is 0 Å². The minimum absolute atomic E-state index is 0.0174. The fraction of sp³-hybridized carbons (Fsp3) is 0.450. The topological polar surface area (TPSA) is 114 Å². The summed E-state index contributed by atoms with van der Waals surface area (Å²) >= 11 is 0. The van der Waals surface area contributed by atoms with Gasteiger partial charge in [-0.2, -0.15) is 0 Å². The van der Waals surface area contributed by atoms with E-state index in [-0.39, 0.29) is 12.3 Å². The summed E-state index contributed by atoms with van der Waals surface area (Å²) in [4.78, 5) is 36.5. The lowest BCUT2D eigenvalue weighted by Gasteiger charge is -2.22. The molecule has 1 atom stereocenters. The van der Waals surface area contributed by atoms with Crippen LogP contribution in [0.2, 0.25) is 0 Å². The Morgan fingerprint density at radius 2 is 1.71 bits per heavy atom. The van der Waals surface area contributed by atoms with Gasteiger partial charge in [0.2, 0.25) is 5.91 Å². The SMILES string of the molecule is CC(C)=C(NC(=O)[C@H](CO)NC(=O)OCc1ccccc1)C(=O)OC(C)(C)C. The number of allylic oxidation sites excluding steroid dienone is 1. The molecule has 3 N–H and O–H groups in total. The highest BCUT2D eigenvalue weighted by atomic mass is 16.6. The summed E-state index contributed by atoms with van der Waals surface area (Å²) in [6.07, 6.45) is -0.867. The Morgan fingerprint density at radius 1 is 1.11 bits per heavy atom. The van der Waals surface area contributed by atoms with Crippen molar-refractivity contribution < 1.29 is 29.0 Å². The van der Waals surface area contributed by atoms with Gasteiger partial charge in [0.15, 0.2) is 0 Å². The normalized spacial score (nSPS) is 11.8. The molecule has 0 spiro atoms. The number of hydrogen-bond acceptors (Lipinski definition) is 6. The summed E-state index contributed by atoms with van der Waals surface area (Å²) in [5.41, 5.74) is 0.515. The van der Waals surface area contributed by atoms with Crippen LogP contribution in [0, 0.1) is 0 Å². The van der Waals surface area contributed by atoms with Crippen LogP contribution in [0.25, 0.3) is 0 Å². The number of alkyl carbamates (subject to hydrolysis) is 1. The largest absolute Gasteiger partial charge is 0.455 e. The van der Waals surface area contributed by atoms with Crippen molar-refractivity contribution in [2.24, 2.45) is 0 Å². The van der Waals surface area contributed by atoms with E-state index in [2.05, 4.69) is 10.6 Å². The summed E-state index contributed by atoms with van der Waals surface area (Å²) in [5.74, 6) is -1.47. The fourth-order valence-corrected chi connectivity index (χ4v) is 2.02. The second kappa shape index (κ2) is 10.5. The van der Waals surface area contributed by atoms with E-state index >= 15 is 0 Å². The molecule has 0 heterocycles. The van der Waals surface area contributed by atoms with Gasteiger partial charge in [-0.15, -0.1) is 0 Å². The summed E-state index contributed by atoms with van der Waals surface area (Å²) in [7, 11) is 0.